The van der Waals surface area contributed by atoms with E-state index in [2.05, 4.69) is 10.6 Å². The number of hydrogen-bond donors (Lipinski definition) is 2. The van der Waals surface area contributed by atoms with E-state index in [1.165, 1.54) is 6.92 Å². The number of nitrogens with one attached hydrogen (secondary N) is 2. The number of amides is 2. The van der Waals surface area contributed by atoms with E-state index in [1.54, 1.807) is 48.5 Å². The van der Waals surface area contributed by atoms with Crippen LogP contribution in [0, 0.1) is 11.8 Å². The second-order valence-corrected chi connectivity index (χ2v) is 7.61. The van der Waals surface area contributed by atoms with Gasteiger partial charge in [-0.25, -0.2) is 0 Å². The van der Waals surface area contributed by atoms with Crippen LogP contribution in [0.1, 0.15) is 43.0 Å². The summed E-state index contributed by atoms with van der Waals surface area (Å²) in [6, 6.07) is 14.0. The predicted octanol–water partition coefficient (Wildman–Crippen LogP) is 4.93. The number of anilines is 2. The number of hydrogen-bond acceptors (Lipinski definition) is 3. The van der Waals surface area contributed by atoms with Crippen LogP contribution in [0.5, 0.6) is 0 Å². The third kappa shape index (κ3) is 5.20. The quantitative estimate of drug-likeness (QED) is 0.701. The van der Waals surface area contributed by atoms with Gasteiger partial charge in [-0.15, -0.1) is 0 Å². The molecule has 0 atom stereocenters. The van der Waals surface area contributed by atoms with Crippen LogP contribution >= 0.6 is 11.6 Å². The minimum absolute atomic E-state index is 0.0321. The molecule has 1 aliphatic carbocycles. The zero-order chi connectivity index (χ0) is 20.1. The molecule has 0 aromatic heterocycles. The summed E-state index contributed by atoms with van der Waals surface area (Å²) in [5.74, 6) is -0.368. The first-order valence-electron chi connectivity index (χ1n) is 9.40. The molecule has 0 heterocycles. The normalized spacial score (nSPS) is 18.9. The van der Waals surface area contributed by atoms with Gasteiger partial charge in [-0.05, 0) is 62.9 Å². The predicted molar refractivity (Wildman–Crippen MR) is 111 cm³/mol. The third-order valence-electron chi connectivity index (χ3n) is 5.10. The fourth-order valence-electron chi connectivity index (χ4n) is 3.49. The highest BCUT2D eigenvalue weighted by atomic mass is 35.5. The molecule has 1 saturated carbocycles. The number of ketones is 1. The summed E-state index contributed by atoms with van der Waals surface area (Å²) in [5, 5.41) is 6.36. The highest BCUT2D eigenvalue weighted by Gasteiger charge is 2.30. The number of Topliss-reactive ketones (excluding diaryl/α,β-unsaturated/α-hetero) is 1. The fraction of sp³-hybridized carbons (Fsp3) is 0.318. The van der Waals surface area contributed by atoms with Crippen molar-refractivity contribution < 1.29 is 14.4 Å². The largest absolute Gasteiger partial charge is 0.326 e. The van der Waals surface area contributed by atoms with Crippen molar-refractivity contribution in [1.82, 2.24) is 0 Å². The van der Waals surface area contributed by atoms with Crippen LogP contribution in [0.2, 0.25) is 5.02 Å². The minimum atomic E-state index is -0.129. The van der Waals surface area contributed by atoms with Crippen molar-refractivity contribution in [2.45, 2.75) is 32.6 Å². The zero-order valence-corrected chi connectivity index (χ0v) is 16.5. The van der Waals surface area contributed by atoms with Gasteiger partial charge in [-0.1, -0.05) is 29.8 Å². The van der Waals surface area contributed by atoms with Gasteiger partial charge >= 0.3 is 0 Å². The SMILES string of the molecule is CC(=O)c1cccc(NC(=O)C2CCC(C(=O)Nc3cccc(Cl)c3)CC2)c1. The molecule has 1 fully saturated rings. The first-order chi connectivity index (χ1) is 13.4. The lowest BCUT2D eigenvalue weighted by Gasteiger charge is -2.27. The smallest absolute Gasteiger partial charge is 0.227 e. The van der Waals surface area contributed by atoms with Crippen molar-refractivity contribution >= 4 is 40.6 Å². The highest BCUT2D eigenvalue weighted by molar-refractivity contribution is 6.30. The van der Waals surface area contributed by atoms with Gasteiger partial charge in [-0.2, -0.15) is 0 Å². The Morgan fingerprint density at radius 1 is 0.821 bits per heavy atom. The van der Waals surface area contributed by atoms with Crippen LogP contribution in [0.25, 0.3) is 0 Å². The Hall–Kier alpha value is -2.66. The molecule has 2 aromatic carbocycles. The number of carbonyl (C=O) groups excluding carboxylic acids is 3. The summed E-state index contributed by atoms with van der Waals surface area (Å²) < 4.78 is 0. The summed E-state index contributed by atoms with van der Waals surface area (Å²) in [4.78, 5) is 36.5. The van der Waals surface area contributed by atoms with Gasteiger partial charge in [-0.3, -0.25) is 14.4 Å². The lowest BCUT2D eigenvalue weighted by atomic mass is 9.81. The van der Waals surface area contributed by atoms with Crippen LogP contribution in [0.15, 0.2) is 48.5 Å². The molecule has 0 unspecified atom stereocenters. The van der Waals surface area contributed by atoms with Crippen LogP contribution < -0.4 is 10.6 Å². The Kier molecular flexibility index (Phi) is 6.47. The molecule has 28 heavy (non-hydrogen) atoms. The van der Waals surface area contributed by atoms with Gasteiger partial charge in [0.1, 0.15) is 0 Å². The van der Waals surface area contributed by atoms with Gasteiger partial charge in [0.15, 0.2) is 5.78 Å². The summed E-state index contributed by atoms with van der Waals surface area (Å²) in [6.07, 6.45) is 2.65. The van der Waals surface area contributed by atoms with E-state index in [0.29, 0.717) is 47.6 Å². The van der Waals surface area contributed by atoms with E-state index < -0.39 is 0 Å². The van der Waals surface area contributed by atoms with Crippen LogP contribution in [-0.2, 0) is 9.59 Å². The Morgan fingerprint density at radius 3 is 1.82 bits per heavy atom. The van der Waals surface area contributed by atoms with Crippen LogP contribution in [0.3, 0.4) is 0 Å². The van der Waals surface area contributed by atoms with Crippen LogP contribution in [-0.4, -0.2) is 17.6 Å². The zero-order valence-electron chi connectivity index (χ0n) is 15.7. The standard InChI is InChI=1S/C22H23ClN2O3/c1-14(26)17-4-2-6-19(12-17)24-21(27)15-8-10-16(11-9-15)22(28)25-20-7-3-5-18(23)13-20/h2-7,12-13,15-16H,8-11H2,1H3,(H,24,27)(H,25,28). The molecule has 0 radical (unpaired) electrons. The van der Waals surface area contributed by atoms with E-state index in [-0.39, 0.29) is 29.4 Å². The molecule has 6 heteroatoms. The Bertz CT molecular complexity index is 889. The first kappa shape index (κ1) is 20.1. The average molecular weight is 399 g/mol. The lowest BCUT2D eigenvalue weighted by molar-refractivity contribution is -0.125. The van der Waals surface area contributed by atoms with E-state index in [1.807, 2.05) is 0 Å². The maximum absolute atomic E-state index is 12.5. The molecular formula is C22H23ClN2O3. The van der Waals surface area contributed by atoms with E-state index >= 15 is 0 Å². The molecule has 146 valence electrons. The lowest BCUT2D eigenvalue weighted by Crippen LogP contribution is -2.32. The van der Waals surface area contributed by atoms with Crippen molar-refractivity contribution in [3.63, 3.8) is 0 Å². The van der Waals surface area contributed by atoms with Crippen molar-refractivity contribution in [1.29, 1.82) is 0 Å². The average Bonchev–Trinajstić information content (AvgIpc) is 2.68. The van der Waals surface area contributed by atoms with Gasteiger partial charge in [0, 0.05) is 33.8 Å². The number of rotatable bonds is 5. The third-order valence-corrected chi connectivity index (χ3v) is 5.33. The first-order valence-corrected chi connectivity index (χ1v) is 9.78. The molecule has 2 aromatic rings. The fourth-order valence-corrected chi connectivity index (χ4v) is 3.68. The second kappa shape index (κ2) is 9.02. The molecule has 3 rings (SSSR count). The summed E-state index contributed by atoms with van der Waals surface area (Å²) in [7, 11) is 0. The van der Waals surface area contributed by atoms with Crippen molar-refractivity contribution in [2.75, 3.05) is 10.6 Å². The Labute approximate surface area is 169 Å². The van der Waals surface area contributed by atoms with Crippen molar-refractivity contribution in [2.24, 2.45) is 11.8 Å². The Balaban J connectivity index is 1.51. The minimum Gasteiger partial charge on any atom is -0.326 e. The molecule has 5 nitrogen and oxygen atoms in total. The summed E-state index contributed by atoms with van der Waals surface area (Å²) >= 11 is 5.95. The molecule has 0 bridgehead atoms. The highest BCUT2D eigenvalue weighted by Crippen LogP contribution is 2.31. The van der Waals surface area contributed by atoms with E-state index in [9.17, 15) is 14.4 Å². The maximum Gasteiger partial charge on any atom is 0.227 e. The number of carbonyl (C=O) groups is 3. The van der Waals surface area contributed by atoms with Crippen LogP contribution in [0.4, 0.5) is 11.4 Å². The molecular weight excluding hydrogens is 376 g/mol. The van der Waals surface area contributed by atoms with E-state index in [0.717, 1.165) is 0 Å². The van der Waals surface area contributed by atoms with Gasteiger partial charge in [0.25, 0.3) is 0 Å². The van der Waals surface area contributed by atoms with Gasteiger partial charge in [0.05, 0.1) is 0 Å². The van der Waals surface area contributed by atoms with Gasteiger partial charge in [0.2, 0.25) is 11.8 Å². The Morgan fingerprint density at radius 2 is 1.32 bits per heavy atom. The molecule has 0 saturated heterocycles. The molecule has 0 spiro atoms. The second-order valence-electron chi connectivity index (χ2n) is 7.17. The monoisotopic (exact) mass is 398 g/mol. The van der Waals surface area contributed by atoms with Crippen molar-refractivity contribution in [3.8, 4) is 0 Å². The topological polar surface area (TPSA) is 75.3 Å². The molecule has 0 aliphatic heterocycles. The number of benzene rings is 2. The molecule has 2 N–H and O–H groups in total. The maximum atomic E-state index is 12.5. The molecule has 2 amide bonds. The van der Waals surface area contributed by atoms with E-state index in [4.69, 9.17) is 11.6 Å². The van der Waals surface area contributed by atoms with Crippen molar-refractivity contribution in [3.05, 3.63) is 59.1 Å². The number of halogens is 1. The summed E-state index contributed by atoms with van der Waals surface area (Å²) in [5.41, 5.74) is 1.88. The molecule has 1 aliphatic rings. The van der Waals surface area contributed by atoms with Gasteiger partial charge < -0.3 is 10.6 Å². The summed E-state index contributed by atoms with van der Waals surface area (Å²) in [6.45, 7) is 1.50.